The highest BCUT2D eigenvalue weighted by atomic mass is 79.9. The van der Waals surface area contributed by atoms with Crippen molar-refractivity contribution in [3.05, 3.63) is 28.6 Å². The minimum absolute atomic E-state index is 0.00726. The third kappa shape index (κ3) is 2.95. The Labute approximate surface area is 122 Å². The second kappa shape index (κ2) is 5.71. The summed E-state index contributed by atoms with van der Waals surface area (Å²) in [6.07, 6.45) is -0.698. The van der Waals surface area contributed by atoms with E-state index in [2.05, 4.69) is 30.9 Å². The Bertz CT molecular complexity index is 730. The molecule has 1 amide bonds. The van der Waals surface area contributed by atoms with Crippen LogP contribution in [0, 0.1) is 11.3 Å². The number of hydrogen-bond acceptors (Lipinski definition) is 6. The van der Waals surface area contributed by atoms with Gasteiger partial charge >= 0.3 is 6.09 Å². The first kappa shape index (κ1) is 14.0. The predicted molar refractivity (Wildman–Crippen MR) is 74.0 cm³/mol. The number of aromatic nitrogens is 1. The van der Waals surface area contributed by atoms with Crippen LogP contribution in [0.5, 0.6) is 0 Å². The number of carbonyl (C=O) groups excluding carboxylic acids is 1. The monoisotopic (exact) mass is 336 g/mol. The minimum atomic E-state index is -0.698. The van der Waals surface area contributed by atoms with Crippen molar-refractivity contribution in [2.75, 3.05) is 14.1 Å². The third-order valence-corrected chi connectivity index (χ3v) is 2.73. The van der Waals surface area contributed by atoms with Crippen LogP contribution in [0.2, 0.25) is 0 Å². The molecule has 0 unspecified atom stereocenters. The number of oxime groups is 1. The maximum absolute atomic E-state index is 11.2. The lowest BCUT2D eigenvalue weighted by Crippen LogP contribution is -2.21. The molecule has 0 atom stereocenters. The van der Waals surface area contributed by atoms with Crippen LogP contribution in [-0.4, -0.2) is 35.8 Å². The van der Waals surface area contributed by atoms with E-state index < -0.39 is 6.09 Å². The summed E-state index contributed by atoms with van der Waals surface area (Å²) >= 11 is 3.30. The van der Waals surface area contributed by atoms with Gasteiger partial charge < -0.3 is 9.32 Å². The van der Waals surface area contributed by atoms with Gasteiger partial charge in [-0.2, -0.15) is 5.26 Å². The summed E-state index contributed by atoms with van der Waals surface area (Å²) in [5.41, 5.74) is 0.855. The smallest absolute Gasteiger partial charge is 0.434 e. The van der Waals surface area contributed by atoms with Crippen molar-refractivity contribution in [2.24, 2.45) is 5.16 Å². The van der Waals surface area contributed by atoms with E-state index in [0.29, 0.717) is 11.1 Å². The largest absolute Gasteiger partial charge is 0.435 e. The van der Waals surface area contributed by atoms with Gasteiger partial charge in [-0.1, -0.05) is 21.1 Å². The molecule has 8 heteroatoms. The second-order valence-corrected chi connectivity index (χ2v) is 4.85. The van der Waals surface area contributed by atoms with Crippen LogP contribution in [0.25, 0.3) is 11.1 Å². The van der Waals surface area contributed by atoms with Crippen molar-refractivity contribution in [3.63, 3.8) is 0 Å². The van der Waals surface area contributed by atoms with Crippen LogP contribution in [0.1, 0.15) is 5.89 Å². The summed E-state index contributed by atoms with van der Waals surface area (Å²) in [7, 11) is 3.00. The molecule has 0 aliphatic carbocycles. The molecule has 0 aliphatic heterocycles. The number of halogens is 1. The zero-order valence-corrected chi connectivity index (χ0v) is 12.2. The molecular weight excluding hydrogens is 328 g/mol. The van der Waals surface area contributed by atoms with E-state index in [1.165, 1.54) is 19.0 Å². The van der Waals surface area contributed by atoms with Crippen molar-refractivity contribution in [1.82, 2.24) is 9.88 Å². The normalized spacial score (nSPS) is 11.2. The van der Waals surface area contributed by atoms with Gasteiger partial charge in [-0.05, 0) is 18.2 Å². The summed E-state index contributed by atoms with van der Waals surface area (Å²) in [4.78, 5) is 21.1. The Hall–Kier alpha value is -2.40. The molecule has 1 aromatic heterocycles. The summed E-state index contributed by atoms with van der Waals surface area (Å²) in [5, 5.41) is 12.5. The molecule has 0 bridgehead atoms. The first-order valence-corrected chi connectivity index (χ1v) is 6.23. The SMILES string of the molecule is CN(C)C(=O)O/N=C(\C#N)c1nc2ccc(Br)cc2o1. The maximum atomic E-state index is 11.2. The molecular formula is C12H9BrN4O3. The first-order valence-electron chi connectivity index (χ1n) is 5.44. The van der Waals surface area contributed by atoms with E-state index in [0.717, 1.165) is 4.47 Å². The molecule has 2 rings (SSSR count). The van der Waals surface area contributed by atoms with Gasteiger partial charge in [0.25, 0.3) is 5.89 Å². The number of fused-ring (bicyclic) bond motifs is 1. The molecule has 0 N–H and O–H groups in total. The van der Waals surface area contributed by atoms with E-state index in [1.807, 2.05) is 0 Å². The van der Waals surface area contributed by atoms with E-state index in [1.54, 1.807) is 24.3 Å². The standard InChI is InChI=1S/C12H9BrN4O3/c1-17(2)12(18)20-16-9(6-14)11-15-8-4-3-7(13)5-10(8)19-11/h3-5H,1-2H3/b16-9+. The lowest BCUT2D eigenvalue weighted by molar-refractivity contribution is 0.122. The number of hydrogen-bond donors (Lipinski definition) is 0. The van der Waals surface area contributed by atoms with Crippen LogP contribution in [-0.2, 0) is 4.84 Å². The van der Waals surface area contributed by atoms with Gasteiger partial charge in [-0.3, -0.25) is 4.84 Å². The predicted octanol–water partition coefficient (Wildman–Crippen LogP) is 2.52. The van der Waals surface area contributed by atoms with E-state index in [-0.39, 0.29) is 11.6 Å². The molecule has 0 saturated heterocycles. The van der Waals surface area contributed by atoms with Crippen LogP contribution >= 0.6 is 15.9 Å². The molecule has 1 heterocycles. The van der Waals surface area contributed by atoms with Gasteiger partial charge in [0.2, 0.25) is 5.71 Å². The zero-order chi connectivity index (χ0) is 14.7. The van der Waals surface area contributed by atoms with Crippen LogP contribution < -0.4 is 0 Å². The van der Waals surface area contributed by atoms with Crippen LogP contribution in [0.3, 0.4) is 0 Å². The number of amides is 1. The van der Waals surface area contributed by atoms with Crippen LogP contribution in [0.4, 0.5) is 4.79 Å². The molecule has 102 valence electrons. The Morgan fingerprint density at radius 2 is 2.30 bits per heavy atom. The van der Waals surface area contributed by atoms with Crippen molar-refractivity contribution >= 4 is 38.8 Å². The highest BCUT2D eigenvalue weighted by Crippen LogP contribution is 2.20. The van der Waals surface area contributed by atoms with E-state index >= 15 is 0 Å². The Kier molecular flexibility index (Phi) is 4.00. The molecule has 0 aliphatic rings. The van der Waals surface area contributed by atoms with Gasteiger partial charge in [-0.15, -0.1) is 0 Å². The molecule has 0 fully saturated rings. The molecule has 0 saturated carbocycles. The van der Waals surface area contributed by atoms with Crippen molar-refractivity contribution in [2.45, 2.75) is 0 Å². The van der Waals surface area contributed by atoms with E-state index in [4.69, 9.17) is 9.68 Å². The maximum Gasteiger partial charge on any atom is 0.435 e. The van der Waals surface area contributed by atoms with Crippen molar-refractivity contribution in [1.29, 1.82) is 5.26 Å². The molecule has 1 aromatic carbocycles. The van der Waals surface area contributed by atoms with Crippen LogP contribution in [0.15, 0.2) is 32.2 Å². The van der Waals surface area contributed by atoms with Gasteiger partial charge in [0.1, 0.15) is 11.6 Å². The second-order valence-electron chi connectivity index (χ2n) is 3.93. The number of nitriles is 1. The fraction of sp³-hybridized carbons (Fsp3) is 0.167. The first-order chi connectivity index (χ1) is 9.51. The molecule has 0 radical (unpaired) electrons. The zero-order valence-electron chi connectivity index (χ0n) is 10.6. The van der Waals surface area contributed by atoms with Crippen molar-refractivity contribution in [3.8, 4) is 6.07 Å². The number of benzene rings is 1. The third-order valence-electron chi connectivity index (χ3n) is 2.24. The Morgan fingerprint density at radius 3 is 2.95 bits per heavy atom. The fourth-order valence-electron chi connectivity index (χ4n) is 1.27. The fourth-order valence-corrected chi connectivity index (χ4v) is 1.61. The lowest BCUT2D eigenvalue weighted by atomic mass is 10.3. The highest BCUT2D eigenvalue weighted by molar-refractivity contribution is 9.10. The topological polar surface area (TPSA) is 91.7 Å². The summed E-state index contributed by atoms with van der Waals surface area (Å²) in [5.74, 6) is -0.00726. The average molecular weight is 337 g/mol. The van der Waals surface area contributed by atoms with Gasteiger partial charge in [0, 0.05) is 18.6 Å². The summed E-state index contributed by atoms with van der Waals surface area (Å²) in [6, 6.07) is 7.01. The average Bonchev–Trinajstić information content (AvgIpc) is 2.81. The molecule has 0 spiro atoms. The quantitative estimate of drug-likeness (QED) is 0.477. The van der Waals surface area contributed by atoms with Gasteiger partial charge in [0.05, 0.1) is 0 Å². The number of oxazole rings is 1. The molecule has 2 aromatic rings. The minimum Gasteiger partial charge on any atom is -0.434 e. The highest BCUT2D eigenvalue weighted by Gasteiger charge is 2.14. The number of carbonyl (C=O) groups is 1. The number of nitrogens with zero attached hydrogens (tertiary/aromatic N) is 4. The molecule has 7 nitrogen and oxygen atoms in total. The summed E-state index contributed by atoms with van der Waals surface area (Å²) < 4.78 is 6.22. The van der Waals surface area contributed by atoms with E-state index in [9.17, 15) is 4.79 Å². The Morgan fingerprint density at radius 1 is 1.55 bits per heavy atom. The van der Waals surface area contributed by atoms with Gasteiger partial charge in [-0.25, -0.2) is 9.78 Å². The van der Waals surface area contributed by atoms with Crippen molar-refractivity contribution < 1.29 is 14.0 Å². The summed E-state index contributed by atoms with van der Waals surface area (Å²) in [6.45, 7) is 0. The van der Waals surface area contributed by atoms with Gasteiger partial charge in [0.15, 0.2) is 5.58 Å². The molecule has 20 heavy (non-hydrogen) atoms. The number of rotatable bonds is 2. The lowest BCUT2D eigenvalue weighted by Gasteiger charge is -2.05. The Balaban J connectivity index is 2.32.